The zero-order valence-corrected chi connectivity index (χ0v) is 20.4. The number of hydrogen-bond acceptors (Lipinski definition) is 5. The minimum absolute atomic E-state index is 0.141. The van der Waals surface area contributed by atoms with Gasteiger partial charge in [-0.15, -0.1) is 0 Å². The quantitative estimate of drug-likeness (QED) is 0.387. The van der Waals surface area contributed by atoms with E-state index in [-0.39, 0.29) is 18.4 Å². The molecule has 2 aliphatic rings. The molecule has 2 aromatic carbocycles. The van der Waals surface area contributed by atoms with Gasteiger partial charge in [0.05, 0.1) is 12.6 Å². The molecule has 0 spiro atoms. The summed E-state index contributed by atoms with van der Waals surface area (Å²) >= 11 is 0. The molecule has 7 heteroatoms. The lowest BCUT2D eigenvalue weighted by Gasteiger charge is -2.37. The smallest absolute Gasteiger partial charge is 0.223 e. The van der Waals surface area contributed by atoms with Gasteiger partial charge in [-0.3, -0.25) is 4.79 Å². The predicted molar refractivity (Wildman–Crippen MR) is 138 cm³/mol. The molecule has 1 aromatic heterocycles. The molecule has 3 aromatic rings. The van der Waals surface area contributed by atoms with Crippen LogP contribution in [0.25, 0.3) is 11.1 Å². The molecule has 2 fully saturated rings. The van der Waals surface area contributed by atoms with E-state index < -0.39 is 12.1 Å². The number of carbonyl (C=O) groups is 1. The average molecular weight is 485 g/mol. The minimum atomic E-state index is -0.735. The molecular weight excluding hydrogens is 452 g/mol. The fourth-order valence-electron chi connectivity index (χ4n) is 4.79. The van der Waals surface area contributed by atoms with Crippen molar-refractivity contribution in [3.8, 4) is 23.0 Å². The molecule has 0 bridgehead atoms. The highest BCUT2D eigenvalue weighted by atomic mass is 16.3. The summed E-state index contributed by atoms with van der Waals surface area (Å²) in [6, 6.07) is 16.5. The van der Waals surface area contributed by atoms with Gasteiger partial charge in [-0.1, -0.05) is 48.2 Å². The summed E-state index contributed by atoms with van der Waals surface area (Å²) in [7, 11) is 0. The Morgan fingerprint density at radius 3 is 2.39 bits per heavy atom. The summed E-state index contributed by atoms with van der Waals surface area (Å²) in [5, 5.41) is 26.0. The van der Waals surface area contributed by atoms with Crippen molar-refractivity contribution in [1.82, 2.24) is 20.2 Å². The van der Waals surface area contributed by atoms with E-state index in [4.69, 9.17) is 0 Å². The number of aromatic nitrogens is 2. The molecule has 5 rings (SSSR count). The standard InChI is InChI=1S/C29H32N4O3/c1-19(35)28-31-12-13-33(28)27(18-34)11-4-20-2-5-21(6-3-20)22-7-9-23(10-8-22)24-14-25(15-24)29(36)32-26-16-30-17-26/h2-3,5-10,12-13,19,24-27,30,34-35H,14-18H2,1H3,(H,32,36)/t19-,24?,25?,27-/m0/s1. The molecule has 2 atom stereocenters. The van der Waals surface area contributed by atoms with Crippen LogP contribution < -0.4 is 10.6 Å². The van der Waals surface area contributed by atoms with Gasteiger partial charge in [0.1, 0.15) is 18.0 Å². The zero-order chi connectivity index (χ0) is 25.1. The van der Waals surface area contributed by atoms with Crippen LogP contribution in [0.3, 0.4) is 0 Å². The summed E-state index contributed by atoms with van der Waals surface area (Å²) in [5.41, 5.74) is 4.39. The Bertz CT molecular complexity index is 1240. The normalized spacial score (nSPS) is 20.9. The highest BCUT2D eigenvalue weighted by Gasteiger charge is 2.36. The van der Waals surface area contributed by atoms with Crippen molar-refractivity contribution < 1.29 is 15.0 Å². The van der Waals surface area contributed by atoms with Crippen molar-refractivity contribution in [3.63, 3.8) is 0 Å². The molecule has 1 saturated carbocycles. The Morgan fingerprint density at radius 1 is 1.14 bits per heavy atom. The Morgan fingerprint density at radius 2 is 1.81 bits per heavy atom. The number of hydrogen-bond donors (Lipinski definition) is 4. The van der Waals surface area contributed by atoms with Crippen LogP contribution in [-0.4, -0.2) is 51.4 Å². The second-order valence-electron chi connectivity index (χ2n) is 9.76. The van der Waals surface area contributed by atoms with Crippen molar-refractivity contribution >= 4 is 5.91 Å². The van der Waals surface area contributed by atoms with E-state index in [1.165, 1.54) is 5.56 Å². The summed E-state index contributed by atoms with van der Waals surface area (Å²) in [6.07, 6.45) is 4.43. The maximum Gasteiger partial charge on any atom is 0.223 e. The molecule has 0 unspecified atom stereocenters. The SMILES string of the molecule is C[C@H](O)c1nccn1[C@@H](C#Cc1ccc(-c2ccc(C3CC(C(=O)NC4CNC4)C3)cc2)cc1)CO. The molecule has 1 aliphatic carbocycles. The van der Waals surface area contributed by atoms with Crippen molar-refractivity contribution in [1.29, 1.82) is 0 Å². The predicted octanol–water partition coefficient (Wildman–Crippen LogP) is 2.77. The summed E-state index contributed by atoms with van der Waals surface area (Å²) in [5.74, 6) is 7.49. The van der Waals surface area contributed by atoms with E-state index in [0.29, 0.717) is 17.8 Å². The number of nitrogens with one attached hydrogen (secondary N) is 2. The highest BCUT2D eigenvalue weighted by Crippen LogP contribution is 2.42. The van der Waals surface area contributed by atoms with E-state index in [1.807, 2.05) is 24.3 Å². The van der Waals surface area contributed by atoms with E-state index in [9.17, 15) is 15.0 Å². The average Bonchev–Trinajstić information content (AvgIpc) is 3.32. The third-order valence-corrected chi connectivity index (χ3v) is 7.20. The maximum absolute atomic E-state index is 12.3. The lowest BCUT2D eigenvalue weighted by Crippen LogP contribution is -2.58. The molecular formula is C29H32N4O3. The molecule has 1 aliphatic heterocycles. The summed E-state index contributed by atoms with van der Waals surface area (Å²) in [6.45, 7) is 3.24. The highest BCUT2D eigenvalue weighted by molar-refractivity contribution is 5.80. The fourth-order valence-corrected chi connectivity index (χ4v) is 4.79. The van der Waals surface area contributed by atoms with Crippen LogP contribution in [0.15, 0.2) is 60.9 Å². The first kappa shape index (κ1) is 24.3. The second-order valence-corrected chi connectivity index (χ2v) is 9.76. The molecule has 186 valence electrons. The van der Waals surface area contributed by atoms with Gasteiger partial charge in [-0.2, -0.15) is 0 Å². The number of aliphatic hydroxyl groups excluding tert-OH is 2. The van der Waals surface area contributed by atoms with Gasteiger partial charge < -0.3 is 25.4 Å². The Hall–Kier alpha value is -3.44. The van der Waals surface area contributed by atoms with Crippen LogP contribution >= 0.6 is 0 Å². The first-order chi connectivity index (χ1) is 17.5. The number of rotatable bonds is 7. The number of imidazole rings is 1. The van der Waals surface area contributed by atoms with E-state index in [0.717, 1.165) is 42.6 Å². The van der Waals surface area contributed by atoms with Crippen molar-refractivity contribution in [2.24, 2.45) is 5.92 Å². The van der Waals surface area contributed by atoms with Gasteiger partial charge in [0.15, 0.2) is 0 Å². The van der Waals surface area contributed by atoms with Crippen LogP contribution in [0, 0.1) is 17.8 Å². The van der Waals surface area contributed by atoms with Gasteiger partial charge in [0.25, 0.3) is 0 Å². The third-order valence-electron chi connectivity index (χ3n) is 7.20. The number of benzene rings is 2. The lowest BCUT2D eigenvalue weighted by atomic mass is 9.71. The Labute approximate surface area is 211 Å². The van der Waals surface area contributed by atoms with Gasteiger partial charge in [0, 0.05) is 37.0 Å². The van der Waals surface area contributed by atoms with Gasteiger partial charge in [0.2, 0.25) is 5.91 Å². The molecule has 0 radical (unpaired) electrons. The van der Waals surface area contributed by atoms with E-state index in [2.05, 4.69) is 51.7 Å². The monoisotopic (exact) mass is 484 g/mol. The van der Waals surface area contributed by atoms with Crippen LogP contribution in [-0.2, 0) is 4.79 Å². The lowest BCUT2D eigenvalue weighted by molar-refractivity contribution is -0.129. The zero-order valence-electron chi connectivity index (χ0n) is 20.4. The molecule has 1 amide bonds. The maximum atomic E-state index is 12.3. The van der Waals surface area contributed by atoms with Crippen LogP contribution in [0.1, 0.15) is 54.8 Å². The first-order valence-corrected chi connectivity index (χ1v) is 12.6. The number of amides is 1. The number of nitrogens with zero attached hydrogens (tertiary/aromatic N) is 2. The topological polar surface area (TPSA) is 99.4 Å². The van der Waals surface area contributed by atoms with Crippen LogP contribution in [0.4, 0.5) is 0 Å². The fraction of sp³-hybridized carbons (Fsp3) is 0.379. The molecule has 36 heavy (non-hydrogen) atoms. The minimum Gasteiger partial charge on any atom is -0.393 e. The first-order valence-electron chi connectivity index (χ1n) is 12.6. The van der Waals surface area contributed by atoms with Gasteiger partial charge in [-0.05, 0) is 54.5 Å². The molecule has 2 heterocycles. The third kappa shape index (κ3) is 5.21. The van der Waals surface area contributed by atoms with E-state index >= 15 is 0 Å². The molecule has 7 nitrogen and oxygen atoms in total. The van der Waals surface area contributed by atoms with Crippen molar-refractivity contribution in [2.75, 3.05) is 19.7 Å². The van der Waals surface area contributed by atoms with E-state index in [1.54, 1.807) is 23.9 Å². The largest absolute Gasteiger partial charge is 0.393 e. The van der Waals surface area contributed by atoms with Crippen molar-refractivity contribution in [3.05, 3.63) is 77.9 Å². The Kier molecular flexibility index (Phi) is 7.19. The van der Waals surface area contributed by atoms with Crippen molar-refractivity contribution in [2.45, 2.75) is 43.9 Å². The van der Waals surface area contributed by atoms with Gasteiger partial charge in [-0.25, -0.2) is 4.98 Å². The number of aliphatic hydroxyl groups is 2. The summed E-state index contributed by atoms with van der Waals surface area (Å²) in [4.78, 5) is 16.5. The summed E-state index contributed by atoms with van der Waals surface area (Å²) < 4.78 is 1.70. The van der Waals surface area contributed by atoms with Gasteiger partial charge >= 0.3 is 0 Å². The molecule has 4 N–H and O–H groups in total. The second kappa shape index (κ2) is 10.7. The Balaban J connectivity index is 1.18. The molecule has 1 saturated heterocycles. The van der Waals surface area contributed by atoms with Crippen LogP contribution in [0.2, 0.25) is 0 Å². The number of carbonyl (C=O) groups excluding carboxylic acids is 1. The van der Waals surface area contributed by atoms with Crippen LogP contribution in [0.5, 0.6) is 0 Å².